The van der Waals surface area contributed by atoms with Crippen LogP contribution in [-0.4, -0.2) is 45.1 Å². The molecule has 0 amide bonds. The molecule has 6 aromatic rings. The second-order valence-electron chi connectivity index (χ2n) is 18.2. The molecule has 364 valence electrons. The number of nitrogens with zero attached hydrogens (tertiary/aromatic N) is 4. The van der Waals surface area contributed by atoms with Gasteiger partial charge in [0.2, 0.25) is 0 Å². The van der Waals surface area contributed by atoms with Gasteiger partial charge in [0.15, 0.2) is 11.6 Å². The number of esters is 2. The Balaban J connectivity index is 1.29. The van der Waals surface area contributed by atoms with Crippen molar-refractivity contribution in [3.8, 4) is 22.8 Å². The van der Waals surface area contributed by atoms with Crippen LogP contribution in [0.15, 0.2) is 122 Å². The van der Waals surface area contributed by atoms with E-state index in [1.807, 2.05) is 97.6 Å². The predicted molar refractivity (Wildman–Crippen MR) is 277 cm³/mol. The van der Waals surface area contributed by atoms with E-state index in [0.717, 1.165) is 122 Å². The maximum atomic E-state index is 13.2. The third kappa shape index (κ3) is 16.6. The first-order valence-corrected chi connectivity index (χ1v) is 25.9. The maximum Gasteiger partial charge on any atom is 0.338 e. The van der Waals surface area contributed by atoms with Gasteiger partial charge in [0, 0.05) is 35.9 Å². The number of unbranched alkanes of at least 4 members (excludes halogenated alkanes) is 12. The van der Waals surface area contributed by atoms with E-state index in [-0.39, 0.29) is 11.9 Å². The zero-order chi connectivity index (χ0) is 48.5. The van der Waals surface area contributed by atoms with Gasteiger partial charge in [0.05, 0.1) is 24.3 Å². The van der Waals surface area contributed by atoms with Gasteiger partial charge in [-0.1, -0.05) is 178 Å². The van der Waals surface area contributed by atoms with Gasteiger partial charge in [-0.2, -0.15) is 0 Å². The van der Waals surface area contributed by atoms with Gasteiger partial charge in [0.25, 0.3) is 0 Å². The Bertz CT molecular complexity index is 2210. The van der Waals surface area contributed by atoms with Crippen LogP contribution in [0.3, 0.4) is 0 Å². The molecule has 69 heavy (non-hydrogen) atoms. The summed E-state index contributed by atoms with van der Waals surface area (Å²) < 4.78 is 18.7. The highest BCUT2D eigenvalue weighted by Crippen LogP contribution is 2.38. The number of aryl methyl sites for hydroxylation is 2. The number of rotatable bonds is 30. The highest BCUT2D eigenvalue weighted by molar-refractivity contribution is 5.90. The number of carbonyl (C=O) groups excluding carboxylic acids is 2. The zero-order valence-corrected chi connectivity index (χ0v) is 41.7. The largest absolute Gasteiger partial charge is 0.462 e. The van der Waals surface area contributed by atoms with Crippen LogP contribution in [0, 0.1) is 0 Å². The summed E-state index contributed by atoms with van der Waals surface area (Å²) in [5, 5.41) is 0. The van der Waals surface area contributed by atoms with E-state index < -0.39 is 12.2 Å². The maximum absolute atomic E-state index is 13.2. The standard InChI is InChI=1S/C60H74N4O5/c1-5-9-13-15-17-19-39-67-59(65)53-35-27-49(28-36-53)55(47-23-31-51(32-24-47)57-61-41-45(42-62-57)21-11-7-3)69-56(48-25-33-52(34-26-48)58-63-43-46(44-64-58)22-12-8-4)50-29-37-54(38-30-50)60(66)68-40-20-18-16-14-10-6-2/h23-38,41-44,55-56H,5-22,39-40H2,1-4H3. The minimum Gasteiger partial charge on any atom is -0.462 e. The fourth-order valence-corrected chi connectivity index (χ4v) is 8.33. The number of carbonyl (C=O) groups is 2. The third-order valence-corrected chi connectivity index (χ3v) is 12.6. The molecule has 0 fully saturated rings. The summed E-state index contributed by atoms with van der Waals surface area (Å²) >= 11 is 0. The second kappa shape index (κ2) is 29.1. The molecule has 6 rings (SSSR count). The predicted octanol–water partition coefficient (Wildman–Crippen LogP) is 15.2. The zero-order valence-electron chi connectivity index (χ0n) is 41.7. The van der Waals surface area contributed by atoms with Crippen LogP contribution >= 0.6 is 0 Å². The molecule has 4 aromatic carbocycles. The lowest BCUT2D eigenvalue weighted by Gasteiger charge is -2.27. The highest BCUT2D eigenvalue weighted by atomic mass is 16.5. The molecule has 9 heteroatoms. The SMILES string of the molecule is CCCCCCCCOC(=O)c1ccc(C(OC(c2ccc(C(=O)OCCCCCCCC)cc2)c2ccc(-c3ncc(CCCC)cn3)cc2)c2ccc(-c3ncc(CCCC)cn3)cc2)cc1. The topological polar surface area (TPSA) is 113 Å². The fourth-order valence-electron chi connectivity index (χ4n) is 8.33. The van der Waals surface area contributed by atoms with Gasteiger partial charge >= 0.3 is 11.9 Å². The molecule has 0 aliphatic carbocycles. The van der Waals surface area contributed by atoms with E-state index in [4.69, 9.17) is 34.1 Å². The van der Waals surface area contributed by atoms with E-state index in [1.54, 1.807) is 0 Å². The summed E-state index contributed by atoms with van der Waals surface area (Å²) in [5.41, 5.74) is 8.57. The Labute approximate surface area is 411 Å². The average molecular weight is 931 g/mol. The van der Waals surface area contributed by atoms with E-state index in [2.05, 4.69) is 52.0 Å². The normalized spacial score (nSPS) is 12.1. The van der Waals surface area contributed by atoms with Crippen molar-refractivity contribution in [2.45, 2.75) is 155 Å². The van der Waals surface area contributed by atoms with Crippen LogP contribution in [0.25, 0.3) is 22.8 Å². The van der Waals surface area contributed by atoms with E-state index in [9.17, 15) is 9.59 Å². The van der Waals surface area contributed by atoms with Crippen molar-refractivity contribution in [3.63, 3.8) is 0 Å². The Kier molecular flexibility index (Phi) is 22.0. The molecular weight excluding hydrogens is 857 g/mol. The monoisotopic (exact) mass is 931 g/mol. The molecule has 0 spiro atoms. The van der Waals surface area contributed by atoms with Crippen molar-refractivity contribution in [1.29, 1.82) is 0 Å². The third-order valence-electron chi connectivity index (χ3n) is 12.6. The van der Waals surface area contributed by atoms with Gasteiger partial charge in [-0.05, 0) is 96.2 Å². The Morgan fingerprint density at radius 2 is 0.696 bits per heavy atom. The van der Waals surface area contributed by atoms with Crippen molar-refractivity contribution in [2.75, 3.05) is 13.2 Å². The molecule has 2 aromatic heterocycles. The second-order valence-corrected chi connectivity index (χ2v) is 18.2. The minimum absolute atomic E-state index is 0.333. The van der Waals surface area contributed by atoms with Crippen LogP contribution in [0.1, 0.15) is 197 Å². The van der Waals surface area contributed by atoms with Crippen LogP contribution in [0.4, 0.5) is 0 Å². The molecule has 2 heterocycles. The number of hydrogen-bond acceptors (Lipinski definition) is 9. The smallest absolute Gasteiger partial charge is 0.338 e. The quantitative estimate of drug-likeness (QED) is 0.0322. The molecule has 0 N–H and O–H groups in total. The lowest BCUT2D eigenvalue weighted by Crippen LogP contribution is -2.14. The first-order valence-electron chi connectivity index (χ1n) is 25.9. The molecule has 0 aliphatic heterocycles. The molecule has 9 nitrogen and oxygen atoms in total. The van der Waals surface area contributed by atoms with Gasteiger partial charge in [-0.3, -0.25) is 0 Å². The molecular formula is C60H74N4O5. The van der Waals surface area contributed by atoms with Crippen molar-refractivity contribution >= 4 is 11.9 Å². The molecule has 0 saturated carbocycles. The number of hydrogen-bond donors (Lipinski definition) is 0. The lowest BCUT2D eigenvalue weighted by atomic mass is 9.95. The van der Waals surface area contributed by atoms with Gasteiger partial charge in [-0.15, -0.1) is 0 Å². The van der Waals surface area contributed by atoms with Gasteiger partial charge in [0.1, 0.15) is 12.2 Å². The minimum atomic E-state index is -0.574. The summed E-state index contributed by atoms with van der Waals surface area (Å²) in [7, 11) is 0. The summed E-state index contributed by atoms with van der Waals surface area (Å²) in [6.45, 7) is 9.60. The number of ether oxygens (including phenoxy) is 3. The Morgan fingerprint density at radius 1 is 0.391 bits per heavy atom. The highest BCUT2D eigenvalue weighted by Gasteiger charge is 2.25. The Hall–Kier alpha value is -6.06. The summed E-state index contributed by atoms with van der Waals surface area (Å²) in [5.74, 6) is 0.652. The first kappa shape index (κ1) is 52.3. The van der Waals surface area contributed by atoms with E-state index >= 15 is 0 Å². The average Bonchev–Trinajstić information content (AvgIpc) is 3.40. The molecule has 2 unspecified atom stereocenters. The first-order chi connectivity index (χ1) is 33.9. The summed E-state index contributed by atoms with van der Waals surface area (Å²) in [4.78, 5) is 45.2. The van der Waals surface area contributed by atoms with Crippen molar-refractivity contribution in [2.24, 2.45) is 0 Å². The molecule has 0 bridgehead atoms. The van der Waals surface area contributed by atoms with E-state index in [1.165, 1.54) is 38.5 Å². The number of benzene rings is 4. The van der Waals surface area contributed by atoms with E-state index in [0.29, 0.717) is 36.0 Å². The molecule has 2 atom stereocenters. The van der Waals surface area contributed by atoms with Crippen LogP contribution < -0.4 is 0 Å². The van der Waals surface area contributed by atoms with Gasteiger partial charge in [-0.25, -0.2) is 29.5 Å². The molecule has 0 aliphatic rings. The lowest BCUT2D eigenvalue weighted by molar-refractivity contribution is 0.0307. The van der Waals surface area contributed by atoms with Gasteiger partial charge < -0.3 is 14.2 Å². The van der Waals surface area contributed by atoms with Crippen molar-refractivity contribution in [1.82, 2.24) is 19.9 Å². The van der Waals surface area contributed by atoms with Crippen molar-refractivity contribution in [3.05, 3.63) is 166 Å². The molecule has 0 saturated heterocycles. The number of aromatic nitrogens is 4. The summed E-state index contributed by atoms with van der Waals surface area (Å²) in [6.07, 6.45) is 26.3. The van der Waals surface area contributed by atoms with Crippen LogP contribution in [-0.2, 0) is 27.1 Å². The fraction of sp³-hybridized carbons (Fsp3) is 0.433. The Morgan fingerprint density at radius 3 is 1.03 bits per heavy atom. The molecule has 0 radical (unpaired) electrons. The van der Waals surface area contributed by atoms with Crippen LogP contribution in [0.5, 0.6) is 0 Å². The van der Waals surface area contributed by atoms with Crippen molar-refractivity contribution < 1.29 is 23.8 Å². The van der Waals surface area contributed by atoms with Crippen LogP contribution in [0.2, 0.25) is 0 Å². The summed E-state index contributed by atoms with van der Waals surface area (Å²) in [6, 6.07) is 31.4.